The molecule has 4 aromatic carbocycles. The van der Waals surface area contributed by atoms with Crippen LogP contribution >= 0.6 is 0 Å². The molecule has 0 saturated carbocycles. The van der Waals surface area contributed by atoms with Crippen LogP contribution in [-0.4, -0.2) is 29.9 Å². The van der Waals surface area contributed by atoms with Gasteiger partial charge in [-0.05, 0) is 0 Å². The maximum atomic E-state index is 2.34. The van der Waals surface area contributed by atoms with Gasteiger partial charge in [-0.2, -0.15) is 0 Å². The van der Waals surface area contributed by atoms with Gasteiger partial charge in [0.1, 0.15) is 0 Å². The van der Waals surface area contributed by atoms with Crippen LogP contribution in [0, 0.1) is 0 Å². The Morgan fingerprint density at radius 1 is 0.469 bits per heavy atom. The molecule has 164 valence electrons. The van der Waals surface area contributed by atoms with Crippen LogP contribution in [0.5, 0.6) is 0 Å². The predicted molar refractivity (Wildman–Crippen MR) is 144 cm³/mol. The van der Waals surface area contributed by atoms with E-state index in [4.69, 9.17) is 0 Å². The molecule has 0 saturated heterocycles. The summed E-state index contributed by atoms with van der Waals surface area (Å²) >= 11 is 0.580. The molecule has 0 fully saturated rings. The van der Waals surface area contributed by atoms with E-state index in [2.05, 4.69) is 126 Å². The number of hydrogen-bond acceptors (Lipinski definition) is 0. The molecule has 4 rings (SSSR count). The minimum atomic E-state index is 0.198. The Kier molecular flexibility index (Phi) is 6.71. The number of rotatable bonds is 4. The second-order valence-electron chi connectivity index (χ2n) is 10.4. The molecule has 0 bridgehead atoms. The summed E-state index contributed by atoms with van der Waals surface area (Å²) in [6, 6.07) is 32.2. The van der Waals surface area contributed by atoms with Gasteiger partial charge in [-0.15, -0.1) is 0 Å². The van der Waals surface area contributed by atoms with Crippen molar-refractivity contribution in [3.05, 3.63) is 96.1 Å². The predicted octanol–water partition coefficient (Wildman–Crippen LogP) is 4.74. The summed E-state index contributed by atoms with van der Waals surface area (Å²) in [6.45, 7) is 13.7. The van der Waals surface area contributed by atoms with Gasteiger partial charge in [0.2, 0.25) is 0 Å². The van der Waals surface area contributed by atoms with Gasteiger partial charge in [0.25, 0.3) is 0 Å². The summed E-state index contributed by atoms with van der Waals surface area (Å²) < 4.78 is 5.86. The van der Waals surface area contributed by atoms with Crippen LogP contribution in [0.4, 0.5) is 0 Å². The Labute approximate surface area is 206 Å². The summed E-state index contributed by atoms with van der Waals surface area (Å²) in [7, 11) is 0. The van der Waals surface area contributed by atoms with Crippen molar-refractivity contribution in [2.75, 3.05) is 0 Å². The SMILES string of the molecule is CC(C)(C)c1ccc([Se]c2cccc3cccc([Se]c4ccc(C(C)(C)C)cc4)c23)cc1. The van der Waals surface area contributed by atoms with E-state index in [0.717, 1.165) is 0 Å². The average Bonchev–Trinajstić information content (AvgIpc) is 2.73. The second-order valence-corrected chi connectivity index (χ2v) is 15.0. The third-order valence-electron chi connectivity index (χ3n) is 5.72. The van der Waals surface area contributed by atoms with Crippen molar-refractivity contribution >= 4 is 58.5 Å². The van der Waals surface area contributed by atoms with Gasteiger partial charge in [0.05, 0.1) is 0 Å². The first kappa shape index (κ1) is 23.3. The molecule has 0 amide bonds. The molecule has 0 aliphatic heterocycles. The van der Waals surface area contributed by atoms with Crippen LogP contribution < -0.4 is 17.8 Å². The maximum absolute atomic E-state index is 2.34. The molecule has 0 N–H and O–H groups in total. The normalized spacial score (nSPS) is 12.3. The van der Waals surface area contributed by atoms with Crippen molar-refractivity contribution in [1.29, 1.82) is 0 Å². The zero-order valence-corrected chi connectivity index (χ0v) is 23.3. The number of hydrogen-bond donors (Lipinski definition) is 0. The van der Waals surface area contributed by atoms with E-state index < -0.39 is 0 Å². The van der Waals surface area contributed by atoms with Gasteiger partial charge in [0, 0.05) is 0 Å². The van der Waals surface area contributed by atoms with Crippen LogP contribution in [0.3, 0.4) is 0 Å². The van der Waals surface area contributed by atoms with E-state index in [1.54, 1.807) is 0 Å². The van der Waals surface area contributed by atoms with E-state index in [-0.39, 0.29) is 40.7 Å². The van der Waals surface area contributed by atoms with Crippen molar-refractivity contribution < 1.29 is 0 Å². The molecule has 2 heteroatoms. The Morgan fingerprint density at radius 2 is 0.844 bits per heavy atom. The van der Waals surface area contributed by atoms with E-state index in [9.17, 15) is 0 Å². The van der Waals surface area contributed by atoms with Gasteiger partial charge in [0.15, 0.2) is 0 Å². The molecule has 0 aliphatic carbocycles. The van der Waals surface area contributed by atoms with Crippen molar-refractivity contribution in [2.45, 2.75) is 52.4 Å². The fourth-order valence-electron chi connectivity index (χ4n) is 3.74. The molecule has 0 unspecified atom stereocenters. The third kappa shape index (κ3) is 5.38. The first-order chi connectivity index (χ1) is 15.1. The molecular weight excluding hydrogens is 518 g/mol. The Hall–Kier alpha value is -1.82. The first-order valence-electron chi connectivity index (χ1n) is 11.2. The zero-order valence-electron chi connectivity index (χ0n) is 19.9. The molecule has 0 aliphatic rings. The summed E-state index contributed by atoms with van der Waals surface area (Å²) in [5.74, 6) is 0. The zero-order chi connectivity index (χ0) is 22.9. The van der Waals surface area contributed by atoms with E-state index >= 15 is 0 Å². The molecule has 0 atom stereocenters. The Balaban J connectivity index is 1.66. The summed E-state index contributed by atoms with van der Waals surface area (Å²) in [5, 5.41) is 2.83. The fraction of sp³-hybridized carbons (Fsp3) is 0.267. The van der Waals surface area contributed by atoms with Crippen LogP contribution in [0.2, 0.25) is 0 Å². The fourth-order valence-corrected chi connectivity index (χ4v) is 8.28. The van der Waals surface area contributed by atoms with Crippen molar-refractivity contribution in [3.8, 4) is 0 Å². The summed E-state index contributed by atoms with van der Waals surface area (Å²) in [5.41, 5.74) is 3.20. The van der Waals surface area contributed by atoms with Crippen molar-refractivity contribution in [1.82, 2.24) is 0 Å². The van der Waals surface area contributed by atoms with Crippen molar-refractivity contribution in [3.63, 3.8) is 0 Å². The molecule has 4 aromatic rings. The van der Waals surface area contributed by atoms with Crippen LogP contribution in [-0.2, 0) is 10.8 Å². The standard InChI is InChI=1S/C30H32Se2/c1-29(2,3)22-13-17-24(18-14-22)31-26-11-7-9-21-10-8-12-27(28(21)26)32-25-19-15-23(16-20-25)30(4,5)6/h7-20H,1-6H3. The topological polar surface area (TPSA) is 0 Å². The third-order valence-corrected chi connectivity index (χ3v) is 10.2. The molecule has 0 nitrogen and oxygen atoms in total. The van der Waals surface area contributed by atoms with Crippen LogP contribution in [0.25, 0.3) is 10.8 Å². The number of fused-ring (bicyclic) bond motifs is 1. The molecular formula is C30H32Se2. The van der Waals surface area contributed by atoms with Gasteiger partial charge in [-0.1, -0.05) is 0 Å². The molecule has 0 radical (unpaired) electrons. The Morgan fingerprint density at radius 3 is 1.19 bits per heavy atom. The average molecular weight is 551 g/mol. The Bertz CT molecular complexity index is 1110. The molecule has 0 spiro atoms. The van der Waals surface area contributed by atoms with E-state index in [1.807, 2.05) is 0 Å². The monoisotopic (exact) mass is 552 g/mol. The van der Waals surface area contributed by atoms with E-state index in [1.165, 1.54) is 39.7 Å². The summed E-state index contributed by atoms with van der Waals surface area (Å²) in [4.78, 5) is 0. The minimum absolute atomic E-state index is 0.198. The molecule has 0 heterocycles. The summed E-state index contributed by atoms with van der Waals surface area (Å²) in [6.07, 6.45) is 0. The van der Waals surface area contributed by atoms with E-state index in [0.29, 0.717) is 0 Å². The van der Waals surface area contributed by atoms with Gasteiger partial charge in [-0.3, -0.25) is 0 Å². The quantitative estimate of drug-likeness (QED) is 0.322. The van der Waals surface area contributed by atoms with Crippen molar-refractivity contribution in [2.24, 2.45) is 0 Å². The van der Waals surface area contributed by atoms with Gasteiger partial charge in [-0.25, -0.2) is 0 Å². The van der Waals surface area contributed by atoms with Crippen LogP contribution in [0.1, 0.15) is 52.7 Å². The van der Waals surface area contributed by atoms with Gasteiger partial charge < -0.3 is 0 Å². The molecule has 0 aromatic heterocycles. The number of benzene rings is 4. The first-order valence-corrected chi connectivity index (χ1v) is 14.6. The second kappa shape index (κ2) is 9.20. The van der Waals surface area contributed by atoms with Gasteiger partial charge >= 0.3 is 207 Å². The van der Waals surface area contributed by atoms with Crippen LogP contribution in [0.15, 0.2) is 84.9 Å². The molecule has 32 heavy (non-hydrogen) atoms.